The predicted octanol–water partition coefficient (Wildman–Crippen LogP) is 3.89. The average Bonchev–Trinajstić information content (AvgIpc) is 2.81. The molecular weight excluding hydrogens is 462 g/mol. The topological polar surface area (TPSA) is 128 Å². The molecule has 36 heavy (non-hydrogen) atoms. The SMILES string of the molecule is CCCCN(C(=O)C(CO)NC(=O)OC(C)(C)C)C(C(=O)Nc1ccccc1C)c1ccc(O)cc1. The molecule has 9 heteroatoms. The zero-order chi connectivity index (χ0) is 26.9. The first-order chi connectivity index (χ1) is 17.0. The number of phenols is 1. The number of aliphatic hydroxyl groups excluding tert-OH is 1. The summed E-state index contributed by atoms with van der Waals surface area (Å²) in [5.41, 5.74) is 1.12. The summed E-state index contributed by atoms with van der Waals surface area (Å²) in [6.45, 7) is 8.40. The van der Waals surface area contributed by atoms with Gasteiger partial charge in [-0.1, -0.05) is 43.7 Å². The Labute approximate surface area is 212 Å². The number of aromatic hydroxyl groups is 1. The number of anilines is 1. The molecule has 9 nitrogen and oxygen atoms in total. The quantitative estimate of drug-likeness (QED) is 0.393. The summed E-state index contributed by atoms with van der Waals surface area (Å²) in [5.74, 6) is -1.08. The van der Waals surface area contributed by atoms with Crippen LogP contribution in [0.15, 0.2) is 48.5 Å². The number of ether oxygens (including phenoxy) is 1. The van der Waals surface area contributed by atoms with Crippen LogP contribution in [0.3, 0.4) is 0 Å². The van der Waals surface area contributed by atoms with Crippen molar-refractivity contribution in [2.45, 2.75) is 65.1 Å². The number of alkyl carbamates (subject to hydrolysis) is 1. The molecule has 0 bridgehead atoms. The third-order valence-electron chi connectivity index (χ3n) is 5.38. The van der Waals surface area contributed by atoms with Crippen molar-refractivity contribution in [3.05, 3.63) is 59.7 Å². The number of hydrogen-bond acceptors (Lipinski definition) is 6. The van der Waals surface area contributed by atoms with E-state index >= 15 is 0 Å². The van der Waals surface area contributed by atoms with Crippen LogP contribution in [0.25, 0.3) is 0 Å². The molecule has 2 aromatic carbocycles. The van der Waals surface area contributed by atoms with Crippen LogP contribution in [0.5, 0.6) is 5.75 Å². The van der Waals surface area contributed by atoms with Gasteiger partial charge in [-0.15, -0.1) is 0 Å². The standard InChI is InChI=1S/C27H37N3O6/c1-6-7-16-30(25(34)22(17-31)29-26(35)36-27(3,4)5)23(19-12-14-20(32)15-13-19)24(33)28-21-11-9-8-10-18(21)2/h8-15,22-23,31-32H,6-7,16-17H2,1-5H3,(H,28,33)(H,29,35). The normalized spacial score (nSPS) is 12.8. The van der Waals surface area contributed by atoms with E-state index in [2.05, 4.69) is 10.6 Å². The molecule has 4 N–H and O–H groups in total. The van der Waals surface area contributed by atoms with Crippen molar-refractivity contribution in [3.63, 3.8) is 0 Å². The van der Waals surface area contributed by atoms with Crippen LogP contribution >= 0.6 is 0 Å². The molecule has 3 amide bonds. The van der Waals surface area contributed by atoms with Gasteiger partial charge in [0.25, 0.3) is 5.91 Å². The summed E-state index contributed by atoms with van der Waals surface area (Å²) < 4.78 is 5.24. The van der Waals surface area contributed by atoms with Gasteiger partial charge in [-0.05, 0) is 63.4 Å². The van der Waals surface area contributed by atoms with Crippen molar-refractivity contribution in [1.82, 2.24) is 10.2 Å². The minimum Gasteiger partial charge on any atom is -0.508 e. The Balaban J connectivity index is 2.45. The largest absolute Gasteiger partial charge is 0.508 e. The highest BCUT2D eigenvalue weighted by molar-refractivity contribution is 5.99. The third kappa shape index (κ3) is 8.27. The lowest BCUT2D eigenvalue weighted by atomic mass is 10.0. The number of aliphatic hydroxyl groups is 1. The number of nitrogens with zero attached hydrogens (tertiary/aromatic N) is 1. The Morgan fingerprint density at radius 2 is 1.69 bits per heavy atom. The van der Waals surface area contributed by atoms with Gasteiger partial charge < -0.3 is 30.5 Å². The lowest BCUT2D eigenvalue weighted by molar-refractivity contribution is -0.141. The molecular formula is C27H37N3O6. The lowest BCUT2D eigenvalue weighted by Gasteiger charge is -2.34. The fourth-order valence-electron chi connectivity index (χ4n) is 3.57. The maximum absolute atomic E-state index is 13.7. The summed E-state index contributed by atoms with van der Waals surface area (Å²) >= 11 is 0. The van der Waals surface area contributed by atoms with Gasteiger partial charge in [0.05, 0.1) is 6.61 Å². The zero-order valence-electron chi connectivity index (χ0n) is 21.6. The molecule has 0 aliphatic heterocycles. The van der Waals surface area contributed by atoms with E-state index in [9.17, 15) is 24.6 Å². The van der Waals surface area contributed by atoms with E-state index in [4.69, 9.17) is 4.74 Å². The predicted molar refractivity (Wildman–Crippen MR) is 138 cm³/mol. The highest BCUT2D eigenvalue weighted by atomic mass is 16.6. The van der Waals surface area contributed by atoms with Crippen molar-refractivity contribution in [1.29, 1.82) is 0 Å². The summed E-state index contributed by atoms with van der Waals surface area (Å²) in [4.78, 5) is 41.0. The Bertz CT molecular complexity index is 1030. The number of carbonyl (C=O) groups is 3. The molecule has 0 saturated carbocycles. The number of benzene rings is 2. The number of rotatable bonds is 10. The Morgan fingerprint density at radius 3 is 2.25 bits per heavy atom. The van der Waals surface area contributed by atoms with Crippen molar-refractivity contribution in [3.8, 4) is 5.75 Å². The van der Waals surface area contributed by atoms with E-state index in [0.29, 0.717) is 17.7 Å². The summed E-state index contributed by atoms with van der Waals surface area (Å²) in [6, 6.07) is 10.9. The number of phenolic OH excluding ortho intramolecular Hbond substituents is 1. The van der Waals surface area contributed by atoms with Crippen LogP contribution < -0.4 is 10.6 Å². The van der Waals surface area contributed by atoms with Crippen molar-refractivity contribution in [2.24, 2.45) is 0 Å². The highest BCUT2D eigenvalue weighted by Crippen LogP contribution is 2.27. The molecule has 0 radical (unpaired) electrons. The van der Waals surface area contributed by atoms with E-state index in [1.807, 2.05) is 26.0 Å². The molecule has 0 aliphatic rings. The minimum absolute atomic E-state index is 0.0167. The second-order valence-corrected chi connectivity index (χ2v) is 9.56. The second kappa shape index (κ2) is 12.9. The van der Waals surface area contributed by atoms with Crippen LogP contribution in [-0.2, 0) is 14.3 Å². The molecule has 0 spiro atoms. The number of unbranched alkanes of at least 4 members (excludes halogenated alkanes) is 1. The maximum Gasteiger partial charge on any atom is 0.408 e. The van der Waals surface area contributed by atoms with Crippen LogP contribution in [-0.4, -0.2) is 57.8 Å². The number of aryl methyl sites for hydroxylation is 1. The Morgan fingerprint density at radius 1 is 1.06 bits per heavy atom. The molecule has 0 aromatic heterocycles. The van der Waals surface area contributed by atoms with Crippen LogP contribution in [0, 0.1) is 6.92 Å². The van der Waals surface area contributed by atoms with Crippen molar-refractivity contribution < 1.29 is 29.3 Å². The van der Waals surface area contributed by atoms with Crippen molar-refractivity contribution in [2.75, 3.05) is 18.5 Å². The second-order valence-electron chi connectivity index (χ2n) is 9.56. The number of hydrogen-bond donors (Lipinski definition) is 4. The van der Waals surface area contributed by atoms with E-state index in [0.717, 1.165) is 12.0 Å². The lowest BCUT2D eigenvalue weighted by Crippen LogP contribution is -2.54. The molecule has 2 atom stereocenters. The smallest absolute Gasteiger partial charge is 0.408 e. The average molecular weight is 500 g/mol. The summed E-state index contributed by atoms with van der Waals surface area (Å²) in [5, 5.41) is 25.1. The highest BCUT2D eigenvalue weighted by Gasteiger charge is 2.36. The van der Waals surface area contributed by atoms with Gasteiger partial charge in [-0.25, -0.2) is 4.79 Å². The van der Waals surface area contributed by atoms with Gasteiger partial charge in [-0.2, -0.15) is 0 Å². The first-order valence-electron chi connectivity index (χ1n) is 12.0. The number of nitrogens with one attached hydrogen (secondary N) is 2. The van der Waals surface area contributed by atoms with Gasteiger partial charge in [0.2, 0.25) is 5.91 Å². The van der Waals surface area contributed by atoms with Crippen LogP contribution in [0.2, 0.25) is 0 Å². The molecule has 0 aliphatic carbocycles. The molecule has 0 saturated heterocycles. The maximum atomic E-state index is 13.7. The van der Waals surface area contributed by atoms with Gasteiger partial charge in [0.15, 0.2) is 0 Å². The Hall–Kier alpha value is -3.59. The first-order valence-corrected chi connectivity index (χ1v) is 12.0. The van der Waals surface area contributed by atoms with E-state index in [1.54, 1.807) is 45.0 Å². The first kappa shape index (κ1) is 28.6. The third-order valence-corrected chi connectivity index (χ3v) is 5.38. The minimum atomic E-state index is -1.32. The number of carbonyl (C=O) groups excluding carboxylic acids is 3. The fourth-order valence-corrected chi connectivity index (χ4v) is 3.57. The van der Waals surface area contributed by atoms with Gasteiger partial charge >= 0.3 is 6.09 Å². The molecule has 2 unspecified atom stereocenters. The molecule has 2 rings (SSSR count). The molecule has 2 aromatic rings. The van der Waals surface area contributed by atoms with E-state index < -0.39 is 42.2 Å². The van der Waals surface area contributed by atoms with Gasteiger partial charge in [0.1, 0.15) is 23.4 Å². The van der Waals surface area contributed by atoms with E-state index in [1.165, 1.54) is 17.0 Å². The molecule has 196 valence electrons. The Kier molecular flexibility index (Phi) is 10.3. The van der Waals surface area contributed by atoms with Gasteiger partial charge in [0, 0.05) is 12.2 Å². The molecule has 0 fully saturated rings. The summed E-state index contributed by atoms with van der Waals surface area (Å²) in [6.07, 6.45) is 0.480. The zero-order valence-corrected chi connectivity index (χ0v) is 21.6. The number of para-hydroxylation sites is 1. The fraction of sp³-hybridized carbons (Fsp3) is 0.444. The van der Waals surface area contributed by atoms with E-state index in [-0.39, 0.29) is 12.3 Å². The van der Waals surface area contributed by atoms with Gasteiger partial charge in [-0.3, -0.25) is 9.59 Å². The van der Waals surface area contributed by atoms with Crippen LogP contribution in [0.4, 0.5) is 10.5 Å². The van der Waals surface area contributed by atoms with Crippen LogP contribution in [0.1, 0.15) is 57.7 Å². The summed E-state index contributed by atoms with van der Waals surface area (Å²) in [7, 11) is 0. The monoisotopic (exact) mass is 499 g/mol. The number of amides is 3. The van der Waals surface area contributed by atoms with Crippen molar-refractivity contribution >= 4 is 23.6 Å². The molecule has 0 heterocycles.